The van der Waals surface area contributed by atoms with Gasteiger partial charge in [-0.1, -0.05) is 18.2 Å². The highest BCUT2D eigenvalue weighted by molar-refractivity contribution is 5.58. The van der Waals surface area contributed by atoms with Gasteiger partial charge in [-0.15, -0.1) is 0 Å². The topological polar surface area (TPSA) is 41.9 Å². The Morgan fingerprint density at radius 3 is 2.06 bits per heavy atom. The van der Waals surface area contributed by atoms with Gasteiger partial charge in [-0.3, -0.25) is 0 Å². The normalized spacial score (nSPS) is 11.2. The van der Waals surface area contributed by atoms with E-state index in [-0.39, 0.29) is 5.54 Å². The predicted molar refractivity (Wildman–Crippen MR) is 68.2 cm³/mol. The van der Waals surface area contributed by atoms with E-state index >= 15 is 0 Å². The quantitative estimate of drug-likeness (QED) is 0.792. The SMILES string of the molecule is CC(C)(C)N(c1ccccc1)c1ncncn1. The fraction of sp³-hybridized carbons (Fsp3) is 0.308. The van der Waals surface area contributed by atoms with Crippen LogP contribution in [-0.2, 0) is 0 Å². The molecule has 1 heterocycles. The summed E-state index contributed by atoms with van der Waals surface area (Å²) in [6, 6.07) is 10.1. The number of hydrogen-bond donors (Lipinski definition) is 0. The fourth-order valence-corrected chi connectivity index (χ4v) is 1.73. The van der Waals surface area contributed by atoms with Crippen LogP contribution in [-0.4, -0.2) is 20.5 Å². The van der Waals surface area contributed by atoms with Gasteiger partial charge in [-0.05, 0) is 32.9 Å². The lowest BCUT2D eigenvalue weighted by molar-refractivity contribution is 0.549. The number of aromatic nitrogens is 3. The number of anilines is 2. The molecule has 0 fully saturated rings. The van der Waals surface area contributed by atoms with Gasteiger partial charge in [0.25, 0.3) is 0 Å². The average molecular weight is 228 g/mol. The van der Waals surface area contributed by atoms with E-state index in [1.165, 1.54) is 12.7 Å². The number of para-hydroxylation sites is 1. The summed E-state index contributed by atoms with van der Waals surface area (Å²) >= 11 is 0. The van der Waals surface area contributed by atoms with Crippen molar-refractivity contribution in [2.75, 3.05) is 4.90 Å². The lowest BCUT2D eigenvalue weighted by atomic mass is 10.1. The Morgan fingerprint density at radius 2 is 1.53 bits per heavy atom. The van der Waals surface area contributed by atoms with Crippen LogP contribution in [0.2, 0.25) is 0 Å². The molecule has 0 N–H and O–H groups in total. The third-order valence-corrected chi connectivity index (χ3v) is 2.36. The fourth-order valence-electron chi connectivity index (χ4n) is 1.73. The maximum absolute atomic E-state index is 4.23. The van der Waals surface area contributed by atoms with Crippen molar-refractivity contribution in [3.63, 3.8) is 0 Å². The minimum absolute atomic E-state index is 0.0945. The Hall–Kier alpha value is -1.97. The molecule has 1 aromatic heterocycles. The maximum atomic E-state index is 4.23. The third-order valence-electron chi connectivity index (χ3n) is 2.36. The summed E-state index contributed by atoms with van der Waals surface area (Å²) in [5.41, 5.74) is 0.981. The van der Waals surface area contributed by atoms with Gasteiger partial charge in [0.05, 0.1) is 0 Å². The minimum Gasteiger partial charge on any atom is -0.305 e. The summed E-state index contributed by atoms with van der Waals surface area (Å²) in [7, 11) is 0. The molecule has 0 aliphatic carbocycles. The van der Waals surface area contributed by atoms with Crippen LogP contribution in [0.3, 0.4) is 0 Å². The number of rotatable bonds is 2. The third kappa shape index (κ3) is 2.58. The Morgan fingerprint density at radius 1 is 0.941 bits per heavy atom. The first-order valence-corrected chi connectivity index (χ1v) is 5.56. The van der Waals surface area contributed by atoms with Crippen LogP contribution < -0.4 is 4.90 Å². The van der Waals surface area contributed by atoms with E-state index in [2.05, 4.69) is 52.8 Å². The van der Waals surface area contributed by atoms with Gasteiger partial charge < -0.3 is 4.90 Å². The van der Waals surface area contributed by atoms with E-state index < -0.39 is 0 Å². The molecule has 0 saturated heterocycles. The molecular weight excluding hydrogens is 212 g/mol. The molecule has 0 saturated carbocycles. The molecule has 0 atom stereocenters. The maximum Gasteiger partial charge on any atom is 0.233 e. The predicted octanol–water partition coefficient (Wildman–Crippen LogP) is 2.81. The standard InChI is InChI=1S/C13H16N4/c1-13(2,3)17(11-7-5-4-6-8-11)12-15-9-14-10-16-12/h4-10H,1-3H3. The largest absolute Gasteiger partial charge is 0.305 e. The van der Waals surface area contributed by atoms with Crippen LogP contribution in [0, 0.1) is 0 Å². The molecule has 0 aliphatic heterocycles. The zero-order valence-corrected chi connectivity index (χ0v) is 10.3. The molecule has 0 spiro atoms. The van der Waals surface area contributed by atoms with Crippen molar-refractivity contribution in [3.8, 4) is 0 Å². The molecule has 0 amide bonds. The van der Waals surface area contributed by atoms with Crippen molar-refractivity contribution >= 4 is 11.6 Å². The van der Waals surface area contributed by atoms with Crippen LogP contribution >= 0.6 is 0 Å². The Labute approximate surface area is 101 Å². The van der Waals surface area contributed by atoms with Crippen molar-refractivity contribution in [3.05, 3.63) is 43.0 Å². The summed E-state index contributed by atoms with van der Waals surface area (Å²) in [5, 5.41) is 0. The molecule has 0 unspecified atom stereocenters. The molecule has 0 radical (unpaired) electrons. The Balaban J connectivity index is 2.48. The monoisotopic (exact) mass is 228 g/mol. The number of nitrogens with zero attached hydrogens (tertiary/aromatic N) is 4. The van der Waals surface area contributed by atoms with Gasteiger partial charge >= 0.3 is 0 Å². The number of hydrogen-bond acceptors (Lipinski definition) is 4. The second-order valence-corrected chi connectivity index (χ2v) is 4.78. The highest BCUT2D eigenvalue weighted by Gasteiger charge is 2.25. The van der Waals surface area contributed by atoms with Crippen LogP contribution in [0.5, 0.6) is 0 Å². The molecule has 4 heteroatoms. The summed E-state index contributed by atoms with van der Waals surface area (Å²) in [6.07, 6.45) is 3.04. The van der Waals surface area contributed by atoms with Gasteiger partial charge in [-0.25, -0.2) is 15.0 Å². The second-order valence-electron chi connectivity index (χ2n) is 4.78. The first-order valence-electron chi connectivity index (χ1n) is 5.56. The number of benzene rings is 1. The first kappa shape index (κ1) is 11.5. The molecule has 1 aromatic carbocycles. The van der Waals surface area contributed by atoms with E-state index in [0.717, 1.165) is 5.69 Å². The minimum atomic E-state index is -0.0945. The van der Waals surface area contributed by atoms with Crippen molar-refractivity contribution in [1.82, 2.24) is 15.0 Å². The lowest BCUT2D eigenvalue weighted by Gasteiger charge is -2.35. The van der Waals surface area contributed by atoms with Crippen LogP contribution in [0.4, 0.5) is 11.6 Å². The highest BCUT2D eigenvalue weighted by Crippen LogP contribution is 2.29. The molecule has 17 heavy (non-hydrogen) atoms. The van der Waals surface area contributed by atoms with E-state index in [1.54, 1.807) is 0 Å². The molecule has 0 bridgehead atoms. The second kappa shape index (κ2) is 4.49. The summed E-state index contributed by atoms with van der Waals surface area (Å²) in [5.74, 6) is 0.665. The van der Waals surface area contributed by atoms with Gasteiger partial charge in [0.15, 0.2) is 0 Å². The van der Waals surface area contributed by atoms with Gasteiger partial charge in [0.2, 0.25) is 5.95 Å². The zero-order chi connectivity index (χ0) is 12.3. The molecule has 2 aromatic rings. The summed E-state index contributed by atoms with van der Waals surface area (Å²) in [6.45, 7) is 6.39. The molecular formula is C13H16N4. The highest BCUT2D eigenvalue weighted by atomic mass is 15.3. The average Bonchev–Trinajstić information content (AvgIpc) is 2.30. The van der Waals surface area contributed by atoms with Crippen LogP contribution in [0.15, 0.2) is 43.0 Å². The van der Waals surface area contributed by atoms with E-state index in [1.807, 2.05) is 18.2 Å². The van der Waals surface area contributed by atoms with E-state index in [9.17, 15) is 0 Å². The van der Waals surface area contributed by atoms with Crippen molar-refractivity contribution < 1.29 is 0 Å². The van der Waals surface area contributed by atoms with Crippen molar-refractivity contribution in [2.24, 2.45) is 0 Å². The lowest BCUT2D eigenvalue weighted by Crippen LogP contribution is -2.38. The summed E-state index contributed by atoms with van der Waals surface area (Å²) < 4.78 is 0. The van der Waals surface area contributed by atoms with E-state index in [0.29, 0.717) is 5.95 Å². The summed E-state index contributed by atoms with van der Waals surface area (Å²) in [4.78, 5) is 14.4. The molecule has 2 rings (SSSR count). The Kier molecular flexibility index (Phi) is 3.04. The van der Waals surface area contributed by atoms with Crippen molar-refractivity contribution in [2.45, 2.75) is 26.3 Å². The molecule has 4 nitrogen and oxygen atoms in total. The molecule has 0 aliphatic rings. The zero-order valence-electron chi connectivity index (χ0n) is 10.3. The van der Waals surface area contributed by atoms with Crippen molar-refractivity contribution in [1.29, 1.82) is 0 Å². The Bertz CT molecular complexity index is 422. The first-order chi connectivity index (χ1) is 8.09. The van der Waals surface area contributed by atoms with E-state index in [4.69, 9.17) is 0 Å². The van der Waals surface area contributed by atoms with Gasteiger partial charge in [0, 0.05) is 11.2 Å². The van der Waals surface area contributed by atoms with Gasteiger partial charge in [0.1, 0.15) is 12.7 Å². The van der Waals surface area contributed by atoms with Gasteiger partial charge in [-0.2, -0.15) is 0 Å². The smallest absolute Gasteiger partial charge is 0.233 e. The molecule has 88 valence electrons. The van der Waals surface area contributed by atoms with Crippen LogP contribution in [0.25, 0.3) is 0 Å². The van der Waals surface area contributed by atoms with Crippen LogP contribution in [0.1, 0.15) is 20.8 Å².